The summed E-state index contributed by atoms with van der Waals surface area (Å²) in [5, 5.41) is 3.03. The van der Waals surface area contributed by atoms with Crippen molar-refractivity contribution >= 4 is 15.9 Å². The highest BCUT2D eigenvalue weighted by atomic mass is 32.2. The Balaban J connectivity index is 1.51. The van der Waals surface area contributed by atoms with Crippen molar-refractivity contribution in [2.24, 2.45) is 0 Å². The molecule has 1 N–H and O–H groups in total. The van der Waals surface area contributed by atoms with E-state index in [1.54, 1.807) is 0 Å². The Hall–Kier alpha value is -2.36. The van der Waals surface area contributed by atoms with Crippen LogP contribution in [-0.4, -0.2) is 55.8 Å². The third-order valence-electron chi connectivity index (χ3n) is 5.44. The molecule has 2 aromatic rings. The standard InChI is InChI=1S/C21H23F2N3O3S/c22-16-6-9-18(23)19(14-16)30(28,29)26-12-10-25(11-13-26)20(15-4-2-1-3-5-15)21(27)24-17-7-8-17/h1-6,9,14,17,20H,7-8,10-13H2,(H,24,27)/t20-/m1/s1. The van der Waals surface area contributed by atoms with Crippen molar-refractivity contribution in [3.05, 3.63) is 65.7 Å². The van der Waals surface area contributed by atoms with Crippen LogP contribution in [0, 0.1) is 11.6 Å². The summed E-state index contributed by atoms with van der Waals surface area (Å²) in [6.45, 7) is 0.762. The van der Waals surface area contributed by atoms with Gasteiger partial charge in [-0.15, -0.1) is 0 Å². The van der Waals surface area contributed by atoms with Gasteiger partial charge in [0.05, 0.1) is 0 Å². The van der Waals surface area contributed by atoms with E-state index in [4.69, 9.17) is 0 Å². The molecule has 1 saturated carbocycles. The van der Waals surface area contributed by atoms with E-state index in [9.17, 15) is 22.0 Å². The molecule has 0 unspecified atom stereocenters. The molecule has 30 heavy (non-hydrogen) atoms. The number of hydrogen-bond donors (Lipinski definition) is 1. The van der Waals surface area contributed by atoms with Crippen molar-refractivity contribution in [3.63, 3.8) is 0 Å². The number of hydrogen-bond acceptors (Lipinski definition) is 4. The summed E-state index contributed by atoms with van der Waals surface area (Å²) in [6, 6.07) is 11.4. The second-order valence-electron chi connectivity index (χ2n) is 7.61. The first-order chi connectivity index (χ1) is 14.4. The van der Waals surface area contributed by atoms with E-state index in [1.165, 1.54) is 0 Å². The molecule has 2 aromatic carbocycles. The summed E-state index contributed by atoms with van der Waals surface area (Å²) < 4.78 is 54.3. The van der Waals surface area contributed by atoms with Crippen LogP contribution in [0.5, 0.6) is 0 Å². The Labute approximate surface area is 174 Å². The summed E-state index contributed by atoms with van der Waals surface area (Å²) in [7, 11) is -4.17. The molecule has 0 aromatic heterocycles. The third kappa shape index (κ3) is 4.38. The monoisotopic (exact) mass is 435 g/mol. The van der Waals surface area contributed by atoms with Crippen LogP contribution >= 0.6 is 0 Å². The van der Waals surface area contributed by atoms with Crippen molar-refractivity contribution in [3.8, 4) is 0 Å². The number of amides is 1. The van der Waals surface area contributed by atoms with E-state index >= 15 is 0 Å². The fourth-order valence-corrected chi connectivity index (χ4v) is 5.19. The summed E-state index contributed by atoms with van der Waals surface area (Å²) in [6.07, 6.45) is 1.94. The predicted octanol–water partition coefficient (Wildman–Crippen LogP) is 2.29. The first-order valence-corrected chi connectivity index (χ1v) is 11.3. The van der Waals surface area contributed by atoms with Gasteiger partial charge in [-0.1, -0.05) is 30.3 Å². The van der Waals surface area contributed by atoms with Crippen molar-refractivity contribution in [2.75, 3.05) is 26.2 Å². The van der Waals surface area contributed by atoms with Gasteiger partial charge >= 0.3 is 0 Å². The number of carbonyl (C=O) groups is 1. The van der Waals surface area contributed by atoms with E-state index in [-0.39, 0.29) is 25.0 Å². The van der Waals surface area contributed by atoms with Crippen LogP contribution in [-0.2, 0) is 14.8 Å². The largest absolute Gasteiger partial charge is 0.352 e. The summed E-state index contributed by atoms with van der Waals surface area (Å²) in [5.41, 5.74) is 0.836. The highest BCUT2D eigenvalue weighted by molar-refractivity contribution is 7.89. The van der Waals surface area contributed by atoms with Gasteiger partial charge in [0.25, 0.3) is 0 Å². The zero-order chi connectivity index (χ0) is 21.3. The third-order valence-corrected chi connectivity index (χ3v) is 7.35. The molecule has 0 radical (unpaired) electrons. The van der Waals surface area contributed by atoms with Gasteiger partial charge in [-0.3, -0.25) is 9.69 Å². The Morgan fingerprint density at radius 3 is 2.30 bits per heavy atom. The molecule has 1 aliphatic heterocycles. The van der Waals surface area contributed by atoms with E-state index in [1.807, 2.05) is 35.2 Å². The molecule has 6 nitrogen and oxygen atoms in total. The Bertz CT molecular complexity index is 1020. The summed E-state index contributed by atoms with van der Waals surface area (Å²) in [5.74, 6) is -1.89. The van der Waals surface area contributed by atoms with Crippen molar-refractivity contribution in [1.82, 2.24) is 14.5 Å². The lowest BCUT2D eigenvalue weighted by Crippen LogP contribution is -2.52. The Kier molecular flexibility index (Phi) is 5.86. The molecule has 1 amide bonds. The smallest absolute Gasteiger partial charge is 0.246 e. The maximum Gasteiger partial charge on any atom is 0.246 e. The van der Waals surface area contributed by atoms with Crippen LogP contribution < -0.4 is 5.32 Å². The molecule has 1 heterocycles. The van der Waals surface area contributed by atoms with Gasteiger partial charge in [-0.25, -0.2) is 17.2 Å². The molecule has 2 aliphatic rings. The Morgan fingerprint density at radius 2 is 1.67 bits per heavy atom. The quantitative estimate of drug-likeness (QED) is 0.756. The van der Waals surface area contributed by atoms with Crippen LogP contribution in [0.2, 0.25) is 0 Å². The normalized spacial score (nSPS) is 19.4. The number of piperazine rings is 1. The van der Waals surface area contributed by atoms with Crippen molar-refractivity contribution in [2.45, 2.75) is 29.8 Å². The molecule has 0 spiro atoms. The van der Waals surface area contributed by atoms with Crippen molar-refractivity contribution in [1.29, 1.82) is 0 Å². The summed E-state index contributed by atoms with van der Waals surface area (Å²) >= 11 is 0. The highest BCUT2D eigenvalue weighted by Gasteiger charge is 2.37. The van der Waals surface area contributed by atoms with Gasteiger partial charge in [0.1, 0.15) is 22.6 Å². The molecule has 1 saturated heterocycles. The summed E-state index contributed by atoms with van der Waals surface area (Å²) in [4.78, 5) is 14.2. The minimum absolute atomic E-state index is 0.0817. The van der Waals surface area contributed by atoms with Crippen LogP contribution in [0.4, 0.5) is 8.78 Å². The number of sulfonamides is 1. The molecule has 9 heteroatoms. The minimum Gasteiger partial charge on any atom is -0.352 e. The Morgan fingerprint density at radius 1 is 1.00 bits per heavy atom. The van der Waals surface area contributed by atoms with E-state index in [0.717, 1.165) is 34.8 Å². The van der Waals surface area contributed by atoms with Gasteiger partial charge in [0.2, 0.25) is 15.9 Å². The fraction of sp³-hybridized carbons (Fsp3) is 0.381. The van der Waals surface area contributed by atoms with Gasteiger partial charge in [-0.2, -0.15) is 4.31 Å². The molecule has 4 rings (SSSR count). The zero-order valence-electron chi connectivity index (χ0n) is 16.3. The van der Waals surface area contributed by atoms with Gasteiger partial charge in [0.15, 0.2) is 0 Å². The van der Waals surface area contributed by atoms with E-state index in [0.29, 0.717) is 19.2 Å². The lowest BCUT2D eigenvalue weighted by atomic mass is 10.0. The first kappa shape index (κ1) is 20.9. The fourth-order valence-electron chi connectivity index (χ4n) is 3.69. The second-order valence-corrected chi connectivity index (χ2v) is 9.52. The number of benzene rings is 2. The lowest BCUT2D eigenvalue weighted by Gasteiger charge is -2.38. The van der Waals surface area contributed by atoms with Crippen molar-refractivity contribution < 1.29 is 22.0 Å². The average molecular weight is 435 g/mol. The van der Waals surface area contributed by atoms with Crippen LogP contribution in [0.1, 0.15) is 24.4 Å². The molecule has 160 valence electrons. The average Bonchev–Trinajstić information content (AvgIpc) is 3.55. The number of nitrogens with one attached hydrogen (secondary N) is 1. The number of nitrogens with zero attached hydrogens (tertiary/aromatic N) is 2. The molecule has 1 atom stereocenters. The minimum atomic E-state index is -4.17. The maximum absolute atomic E-state index is 14.0. The predicted molar refractivity (Wildman–Crippen MR) is 107 cm³/mol. The number of carbonyl (C=O) groups excluding carboxylic acids is 1. The van der Waals surface area contributed by atoms with E-state index in [2.05, 4.69) is 5.32 Å². The van der Waals surface area contributed by atoms with Gasteiger partial charge in [-0.05, 0) is 36.6 Å². The zero-order valence-corrected chi connectivity index (χ0v) is 17.1. The first-order valence-electron chi connectivity index (χ1n) is 9.91. The second kappa shape index (κ2) is 8.41. The van der Waals surface area contributed by atoms with Crippen LogP contribution in [0.25, 0.3) is 0 Å². The van der Waals surface area contributed by atoms with Crippen LogP contribution in [0.3, 0.4) is 0 Å². The SMILES string of the molecule is O=C(NC1CC1)[C@@H](c1ccccc1)N1CCN(S(=O)(=O)c2cc(F)ccc2F)CC1. The van der Waals surface area contributed by atoms with Gasteiger partial charge in [0, 0.05) is 32.2 Å². The topological polar surface area (TPSA) is 69.7 Å². The van der Waals surface area contributed by atoms with E-state index < -0.39 is 32.6 Å². The molecule has 2 fully saturated rings. The maximum atomic E-state index is 14.0. The number of rotatable bonds is 6. The van der Waals surface area contributed by atoms with Crippen LogP contribution in [0.15, 0.2) is 53.4 Å². The lowest BCUT2D eigenvalue weighted by molar-refractivity contribution is -0.127. The molecular weight excluding hydrogens is 412 g/mol. The number of halogens is 2. The molecular formula is C21H23F2N3O3S. The molecule has 0 bridgehead atoms. The molecule has 1 aliphatic carbocycles. The van der Waals surface area contributed by atoms with Gasteiger partial charge < -0.3 is 5.32 Å². The highest BCUT2D eigenvalue weighted by Crippen LogP contribution is 2.28.